The normalized spacial score (nSPS) is 14.9. The van der Waals surface area contributed by atoms with Crippen LogP contribution in [-0.4, -0.2) is 47.1 Å². The van der Waals surface area contributed by atoms with E-state index in [-0.39, 0.29) is 0 Å². The molecule has 0 atom stereocenters. The number of halogens is 1. The van der Waals surface area contributed by atoms with Crippen LogP contribution in [0.25, 0.3) is 0 Å². The third kappa shape index (κ3) is 2.94. The van der Waals surface area contributed by atoms with Gasteiger partial charge < -0.3 is 5.32 Å². The maximum absolute atomic E-state index is 11.9. The minimum atomic E-state index is -0.996. The Morgan fingerprint density at radius 1 is 1.24 bits per heavy atom. The van der Waals surface area contributed by atoms with Gasteiger partial charge in [-0.1, -0.05) is 15.9 Å². The topological polar surface area (TPSA) is 86.8 Å². The maximum Gasteiger partial charge on any atom is 0.334 e. The molecule has 110 valence electrons. The quantitative estimate of drug-likeness (QED) is 0.651. The number of rotatable bonds is 3. The standard InChI is InChI=1S/C13H12BrN3O4/c1-7-5-8(3-4-9(7)14)15-10(18)6-17-12(20)11(19)16(2)13(17)21/h3-5H,6H2,1-2H3,(H,15,18). The lowest BCUT2D eigenvalue weighted by molar-refractivity contribution is -0.143. The molecule has 0 unspecified atom stereocenters. The van der Waals surface area contributed by atoms with E-state index >= 15 is 0 Å². The fourth-order valence-corrected chi connectivity index (χ4v) is 2.07. The van der Waals surface area contributed by atoms with E-state index < -0.39 is 30.3 Å². The number of imide groups is 2. The van der Waals surface area contributed by atoms with Gasteiger partial charge in [-0.05, 0) is 30.7 Å². The summed E-state index contributed by atoms with van der Waals surface area (Å²) in [4.78, 5) is 47.7. The summed E-state index contributed by atoms with van der Waals surface area (Å²) in [5, 5.41) is 2.57. The predicted octanol–water partition coefficient (Wildman–Crippen LogP) is 1.12. The molecule has 21 heavy (non-hydrogen) atoms. The minimum Gasteiger partial charge on any atom is -0.325 e. The molecule has 0 aromatic heterocycles. The molecule has 0 bridgehead atoms. The van der Waals surface area contributed by atoms with Gasteiger partial charge in [0, 0.05) is 17.2 Å². The van der Waals surface area contributed by atoms with Gasteiger partial charge in [-0.2, -0.15) is 0 Å². The Labute approximate surface area is 129 Å². The van der Waals surface area contributed by atoms with Crippen LogP contribution in [0.5, 0.6) is 0 Å². The first kappa shape index (κ1) is 15.2. The number of hydrogen-bond acceptors (Lipinski definition) is 4. The van der Waals surface area contributed by atoms with Gasteiger partial charge in [-0.15, -0.1) is 0 Å². The van der Waals surface area contributed by atoms with E-state index in [1.807, 2.05) is 6.92 Å². The van der Waals surface area contributed by atoms with Crippen LogP contribution in [0.3, 0.4) is 0 Å². The van der Waals surface area contributed by atoms with E-state index in [4.69, 9.17) is 0 Å². The molecular weight excluding hydrogens is 342 g/mol. The highest BCUT2D eigenvalue weighted by Gasteiger charge is 2.42. The number of amides is 5. The molecule has 5 amide bonds. The fraction of sp³-hybridized carbons (Fsp3) is 0.231. The van der Waals surface area contributed by atoms with Crippen LogP contribution in [0, 0.1) is 6.92 Å². The van der Waals surface area contributed by atoms with Gasteiger partial charge in [-0.3, -0.25) is 19.3 Å². The Morgan fingerprint density at radius 2 is 1.90 bits per heavy atom. The second-order valence-corrected chi connectivity index (χ2v) is 5.40. The zero-order valence-corrected chi connectivity index (χ0v) is 12.9. The van der Waals surface area contributed by atoms with Crippen LogP contribution in [0.4, 0.5) is 10.5 Å². The fourth-order valence-electron chi connectivity index (χ4n) is 1.82. The molecule has 1 N–H and O–H groups in total. The molecule has 2 rings (SSSR count). The average molecular weight is 354 g/mol. The van der Waals surface area contributed by atoms with Crippen molar-refractivity contribution in [3.63, 3.8) is 0 Å². The molecule has 0 radical (unpaired) electrons. The number of carbonyl (C=O) groups excluding carboxylic acids is 4. The Hall–Kier alpha value is -2.22. The number of aryl methyl sites for hydroxylation is 1. The summed E-state index contributed by atoms with van der Waals surface area (Å²) in [6, 6.07) is 4.40. The molecule has 1 aliphatic heterocycles. The zero-order chi connectivity index (χ0) is 15.7. The van der Waals surface area contributed by atoms with Crippen molar-refractivity contribution in [3.8, 4) is 0 Å². The van der Waals surface area contributed by atoms with Gasteiger partial charge in [-0.25, -0.2) is 9.69 Å². The summed E-state index contributed by atoms with van der Waals surface area (Å²) in [5.74, 6) is -2.49. The van der Waals surface area contributed by atoms with Crippen molar-refractivity contribution >= 4 is 45.4 Å². The SMILES string of the molecule is Cc1cc(NC(=O)CN2C(=O)C(=O)N(C)C2=O)ccc1Br. The molecule has 8 heteroatoms. The number of carbonyl (C=O) groups is 4. The second-order valence-electron chi connectivity index (χ2n) is 4.55. The molecule has 1 fully saturated rings. The summed E-state index contributed by atoms with van der Waals surface area (Å²) in [6.07, 6.45) is 0. The summed E-state index contributed by atoms with van der Waals surface area (Å²) in [6.45, 7) is 1.36. The average Bonchev–Trinajstić information content (AvgIpc) is 2.61. The lowest BCUT2D eigenvalue weighted by atomic mass is 10.2. The second kappa shape index (κ2) is 5.65. The number of likely N-dealkylation sites (N-methyl/N-ethyl adjacent to an activating group) is 1. The van der Waals surface area contributed by atoms with Crippen molar-refractivity contribution in [2.45, 2.75) is 6.92 Å². The highest BCUT2D eigenvalue weighted by atomic mass is 79.9. The molecule has 1 heterocycles. The van der Waals surface area contributed by atoms with Gasteiger partial charge in [0.1, 0.15) is 6.54 Å². The molecule has 1 aliphatic rings. The van der Waals surface area contributed by atoms with Gasteiger partial charge in [0.2, 0.25) is 5.91 Å². The summed E-state index contributed by atoms with van der Waals surface area (Å²) < 4.78 is 0.901. The summed E-state index contributed by atoms with van der Waals surface area (Å²) >= 11 is 3.34. The van der Waals surface area contributed by atoms with Crippen LogP contribution in [-0.2, 0) is 14.4 Å². The van der Waals surface area contributed by atoms with Crippen molar-refractivity contribution in [3.05, 3.63) is 28.2 Å². The van der Waals surface area contributed by atoms with Crippen LogP contribution >= 0.6 is 15.9 Å². The molecular formula is C13H12BrN3O4. The Bertz CT molecular complexity index is 659. The van der Waals surface area contributed by atoms with Crippen molar-refractivity contribution in [2.24, 2.45) is 0 Å². The first-order valence-corrected chi connectivity index (χ1v) is 6.80. The van der Waals surface area contributed by atoms with Gasteiger partial charge in [0.15, 0.2) is 0 Å². The van der Waals surface area contributed by atoms with Gasteiger partial charge >= 0.3 is 17.8 Å². The summed E-state index contributed by atoms with van der Waals surface area (Å²) in [5.41, 5.74) is 1.47. The number of anilines is 1. The van der Waals surface area contributed by atoms with E-state index in [1.165, 1.54) is 7.05 Å². The minimum absolute atomic E-state index is 0.497. The van der Waals surface area contributed by atoms with Gasteiger partial charge in [0.05, 0.1) is 0 Å². The van der Waals surface area contributed by atoms with Crippen molar-refractivity contribution in [1.82, 2.24) is 9.80 Å². The first-order valence-electron chi connectivity index (χ1n) is 6.00. The third-order valence-electron chi connectivity index (χ3n) is 2.99. The maximum atomic E-state index is 11.9. The highest BCUT2D eigenvalue weighted by molar-refractivity contribution is 9.10. The lowest BCUT2D eigenvalue weighted by Crippen LogP contribution is -2.38. The molecule has 0 aliphatic carbocycles. The predicted molar refractivity (Wildman–Crippen MR) is 77.4 cm³/mol. The van der Waals surface area contributed by atoms with Crippen LogP contribution in [0.2, 0.25) is 0 Å². The van der Waals surface area contributed by atoms with Crippen LogP contribution < -0.4 is 5.32 Å². The van der Waals surface area contributed by atoms with E-state index in [1.54, 1.807) is 18.2 Å². The number of benzene rings is 1. The van der Waals surface area contributed by atoms with Gasteiger partial charge in [0.25, 0.3) is 0 Å². The Kier molecular flexibility index (Phi) is 4.08. The molecule has 1 saturated heterocycles. The van der Waals surface area contributed by atoms with E-state index in [0.717, 1.165) is 10.0 Å². The molecule has 0 saturated carbocycles. The molecule has 1 aromatic carbocycles. The number of urea groups is 1. The first-order chi connectivity index (χ1) is 9.81. The number of nitrogens with zero attached hydrogens (tertiary/aromatic N) is 2. The zero-order valence-electron chi connectivity index (χ0n) is 11.3. The van der Waals surface area contributed by atoms with Crippen LogP contribution in [0.1, 0.15) is 5.56 Å². The van der Waals surface area contributed by atoms with E-state index in [9.17, 15) is 19.2 Å². The Morgan fingerprint density at radius 3 is 2.43 bits per heavy atom. The molecule has 0 spiro atoms. The van der Waals surface area contributed by atoms with Crippen molar-refractivity contribution in [1.29, 1.82) is 0 Å². The van der Waals surface area contributed by atoms with Crippen molar-refractivity contribution < 1.29 is 19.2 Å². The Balaban J connectivity index is 2.05. The molecule has 1 aromatic rings. The highest BCUT2D eigenvalue weighted by Crippen LogP contribution is 2.20. The monoisotopic (exact) mass is 353 g/mol. The van der Waals surface area contributed by atoms with Crippen molar-refractivity contribution in [2.75, 3.05) is 18.9 Å². The molecule has 7 nitrogen and oxygen atoms in total. The van der Waals surface area contributed by atoms with E-state index in [0.29, 0.717) is 15.5 Å². The largest absolute Gasteiger partial charge is 0.334 e. The van der Waals surface area contributed by atoms with Crippen LogP contribution in [0.15, 0.2) is 22.7 Å². The smallest absolute Gasteiger partial charge is 0.325 e. The number of hydrogen-bond donors (Lipinski definition) is 1. The number of nitrogens with one attached hydrogen (secondary N) is 1. The third-order valence-corrected chi connectivity index (χ3v) is 3.88. The lowest BCUT2D eigenvalue weighted by Gasteiger charge is -2.13. The van der Waals surface area contributed by atoms with E-state index in [2.05, 4.69) is 21.2 Å². The summed E-state index contributed by atoms with van der Waals surface area (Å²) in [7, 11) is 1.19.